The molecule has 2 saturated heterocycles. The molecular formula is C24H39ClN2O2. The van der Waals surface area contributed by atoms with Gasteiger partial charge in [-0.3, -0.25) is 4.79 Å². The molecule has 1 atom stereocenters. The first kappa shape index (κ1) is 24.0. The van der Waals surface area contributed by atoms with Crippen LogP contribution in [0.3, 0.4) is 0 Å². The molecule has 2 heterocycles. The number of ether oxygens (including phenoxy) is 1. The summed E-state index contributed by atoms with van der Waals surface area (Å²) in [5.41, 5.74) is 1.41. The topological polar surface area (TPSA) is 32.8 Å². The predicted octanol–water partition coefficient (Wildman–Crippen LogP) is 5.04. The number of hydrogen-bond acceptors (Lipinski definition) is 3. The quantitative estimate of drug-likeness (QED) is 0.643. The number of likely N-dealkylation sites (tertiary alicyclic amines) is 2. The van der Waals surface area contributed by atoms with E-state index in [1.807, 2.05) is 12.1 Å². The Balaban J connectivity index is 0.00000300. The number of rotatable bonds is 6. The average molecular weight is 423 g/mol. The number of carbonyl (C=O) groups excluding carboxylic acids is 1. The number of hydrogen-bond donors (Lipinski definition) is 0. The van der Waals surface area contributed by atoms with Crippen LogP contribution in [-0.2, 0) is 10.2 Å². The number of piperidine rings is 2. The lowest BCUT2D eigenvalue weighted by Crippen LogP contribution is -2.47. The number of nitrogens with zero attached hydrogens (tertiary/aromatic N) is 2. The zero-order valence-electron chi connectivity index (χ0n) is 18.5. The second-order valence-corrected chi connectivity index (χ2v) is 9.49. The highest BCUT2D eigenvalue weighted by Gasteiger charge is 2.27. The Bertz CT molecular complexity index is 621. The Morgan fingerprint density at radius 1 is 1.00 bits per heavy atom. The predicted molar refractivity (Wildman–Crippen MR) is 122 cm³/mol. The van der Waals surface area contributed by atoms with Crippen molar-refractivity contribution in [2.24, 2.45) is 0 Å². The second-order valence-electron chi connectivity index (χ2n) is 9.49. The van der Waals surface area contributed by atoms with Gasteiger partial charge < -0.3 is 14.5 Å². The molecule has 0 N–H and O–H groups in total. The molecule has 5 heteroatoms. The Morgan fingerprint density at radius 3 is 2.31 bits per heavy atom. The minimum absolute atomic E-state index is 0. The first-order chi connectivity index (χ1) is 13.4. The van der Waals surface area contributed by atoms with Crippen molar-refractivity contribution in [2.75, 3.05) is 32.8 Å². The van der Waals surface area contributed by atoms with E-state index < -0.39 is 0 Å². The fraction of sp³-hybridized carbons (Fsp3) is 0.708. The third-order valence-electron chi connectivity index (χ3n) is 6.26. The van der Waals surface area contributed by atoms with Gasteiger partial charge in [0.05, 0.1) is 0 Å². The molecule has 164 valence electrons. The van der Waals surface area contributed by atoms with Crippen molar-refractivity contribution < 1.29 is 9.53 Å². The highest BCUT2D eigenvalue weighted by atomic mass is 35.5. The Morgan fingerprint density at radius 2 is 1.66 bits per heavy atom. The minimum Gasteiger partial charge on any atom is -0.484 e. The fourth-order valence-corrected chi connectivity index (χ4v) is 4.42. The van der Waals surface area contributed by atoms with Gasteiger partial charge >= 0.3 is 0 Å². The smallest absolute Gasteiger partial charge is 0.260 e. The van der Waals surface area contributed by atoms with Crippen LogP contribution in [0.2, 0.25) is 0 Å². The Labute approximate surface area is 183 Å². The summed E-state index contributed by atoms with van der Waals surface area (Å²) in [6, 6.07) is 8.55. The highest BCUT2D eigenvalue weighted by Crippen LogP contribution is 2.25. The second kappa shape index (κ2) is 11.2. The SMILES string of the molecule is CC(C)(C)c1ccc(OCC(=O)N2CCCCC2CCN2CCCCC2)cc1.Cl. The van der Waals surface area contributed by atoms with Crippen LogP contribution in [0, 0.1) is 0 Å². The number of halogens is 1. The first-order valence-corrected chi connectivity index (χ1v) is 11.2. The van der Waals surface area contributed by atoms with E-state index in [1.165, 1.54) is 44.3 Å². The summed E-state index contributed by atoms with van der Waals surface area (Å²) >= 11 is 0. The van der Waals surface area contributed by atoms with Crippen molar-refractivity contribution in [3.05, 3.63) is 29.8 Å². The van der Waals surface area contributed by atoms with E-state index in [2.05, 4.69) is 42.7 Å². The van der Waals surface area contributed by atoms with Gasteiger partial charge in [-0.2, -0.15) is 0 Å². The van der Waals surface area contributed by atoms with Crippen molar-refractivity contribution in [1.82, 2.24) is 9.80 Å². The molecule has 3 rings (SSSR count). The van der Waals surface area contributed by atoms with E-state index in [0.29, 0.717) is 6.04 Å². The minimum atomic E-state index is 0. The molecular weight excluding hydrogens is 384 g/mol. The molecule has 29 heavy (non-hydrogen) atoms. The molecule has 4 nitrogen and oxygen atoms in total. The lowest BCUT2D eigenvalue weighted by atomic mass is 9.87. The summed E-state index contributed by atoms with van der Waals surface area (Å²) < 4.78 is 5.83. The molecule has 2 aliphatic heterocycles. The van der Waals surface area contributed by atoms with Crippen LogP contribution in [0.25, 0.3) is 0 Å². The summed E-state index contributed by atoms with van der Waals surface area (Å²) in [5, 5.41) is 0. The fourth-order valence-electron chi connectivity index (χ4n) is 4.42. The van der Waals surface area contributed by atoms with Crippen LogP contribution in [-0.4, -0.2) is 54.5 Å². The van der Waals surface area contributed by atoms with Gasteiger partial charge in [0.25, 0.3) is 5.91 Å². The monoisotopic (exact) mass is 422 g/mol. The van der Waals surface area contributed by atoms with Crippen LogP contribution in [0.1, 0.15) is 71.3 Å². The van der Waals surface area contributed by atoms with Crippen LogP contribution in [0.5, 0.6) is 5.75 Å². The van der Waals surface area contributed by atoms with Crippen molar-refractivity contribution in [2.45, 2.75) is 77.2 Å². The van der Waals surface area contributed by atoms with Crippen LogP contribution < -0.4 is 4.74 Å². The molecule has 1 aromatic rings. The zero-order valence-corrected chi connectivity index (χ0v) is 19.3. The molecule has 0 saturated carbocycles. The molecule has 0 radical (unpaired) electrons. The van der Waals surface area contributed by atoms with Gasteiger partial charge in [-0.05, 0) is 74.7 Å². The Hall–Kier alpha value is -1.26. The molecule has 0 aliphatic carbocycles. The van der Waals surface area contributed by atoms with Crippen molar-refractivity contribution in [3.63, 3.8) is 0 Å². The van der Waals surface area contributed by atoms with E-state index in [9.17, 15) is 4.79 Å². The summed E-state index contributed by atoms with van der Waals surface area (Å²) in [6.45, 7) is 11.2. The zero-order chi connectivity index (χ0) is 20.0. The van der Waals surface area contributed by atoms with Gasteiger partial charge in [0.15, 0.2) is 6.61 Å². The molecule has 1 aromatic carbocycles. The first-order valence-electron chi connectivity index (χ1n) is 11.2. The van der Waals surface area contributed by atoms with E-state index >= 15 is 0 Å². The lowest BCUT2D eigenvalue weighted by Gasteiger charge is -2.37. The van der Waals surface area contributed by atoms with Gasteiger partial charge in [0.1, 0.15) is 5.75 Å². The van der Waals surface area contributed by atoms with Crippen LogP contribution in [0.4, 0.5) is 0 Å². The summed E-state index contributed by atoms with van der Waals surface area (Å²) in [4.78, 5) is 17.5. The van der Waals surface area contributed by atoms with Crippen molar-refractivity contribution >= 4 is 18.3 Å². The van der Waals surface area contributed by atoms with E-state index in [4.69, 9.17) is 4.74 Å². The van der Waals surface area contributed by atoms with Gasteiger partial charge in [-0.1, -0.05) is 39.3 Å². The van der Waals surface area contributed by atoms with Crippen molar-refractivity contribution in [3.8, 4) is 5.75 Å². The highest BCUT2D eigenvalue weighted by molar-refractivity contribution is 5.85. The molecule has 2 aliphatic rings. The van der Waals surface area contributed by atoms with Crippen molar-refractivity contribution in [1.29, 1.82) is 0 Å². The molecule has 2 fully saturated rings. The molecule has 0 bridgehead atoms. The summed E-state index contributed by atoms with van der Waals surface area (Å²) in [7, 11) is 0. The maximum atomic E-state index is 12.8. The normalized spacial score (nSPS) is 20.8. The molecule has 0 spiro atoms. The number of benzene rings is 1. The molecule has 1 amide bonds. The standard InChI is InChI=1S/C24H38N2O2.ClH/c1-24(2,3)20-10-12-22(13-11-20)28-19-23(27)26-17-8-5-9-21(26)14-18-25-15-6-4-7-16-25;/h10-13,21H,4-9,14-19H2,1-3H3;1H. The number of carbonyl (C=O) groups is 1. The lowest BCUT2D eigenvalue weighted by molar-refractivity contribution is -0.137. The molecule has 0 aromatic heterocycles. The van der Waals surface area contributed by atoms with E-state index in [-0.39, 0.29) is 30.3 Å². The van der Waals surface area contributed by atoms with Gasteiger partial charge in [0.2, 0.25) is 0 Å². The van der Waals surface area contributed by atoms with Gasteiger partial charge in [-0.25, -0.2) is 0 Å². The third-order valence-corrected chi connectivity index (χ3v) is 6.26. The maximum absolute atomic E-state index is 12.8. The Kier molecular flexibility index (Phi) is 9.29. The third kappa shape index (κ3) is 7.18. The maximum Gasteiger partial charge on any atom is 0.260 e. The van der Waals surface area contributed by atoms with Gasteiger partial charge in [-0.15, -0.1) is 12.4 Å². The van der Waals surface area contributed by atoms with Crippen LogP contribution >= 0.6 is 12.4 Å². The van der Waals surface area contributed by atoms with E-state index in [0.717, 1.165) is 38.1 Å². The van der Waals surface area contributed by atoms with Crippen LogP contribution in [0.15, 0.2) is 24.3 Å². The number of amides is 1. The summed E-state index contributed by atoms with van der Waals surface area (Å²) in [5.74, 6) is 0.923. The molecule has 1 unspecified atom stereocenters. The van der Waals surface area contributed by atoms with E-state index in [1.54, 1.807) is 0 Å². The average Bonchev–Trinajstić information content (AvgIpc) is 2.71. The van der Waals surface area contributed by atoms with Gasteiger partial charge in [0, 0.05) is 19.1 Å². The largest absolute Gasteiger partial charge is 0.484 e. The summed E-state index contributed by atoms with van der Waals surface area (Å²) in [6.07, 6.45) is 8.63.